The van der Waals surface area contributed by atoms with E-state index < -0.39 is 0 Å². The monoisotopic (exact) mass is 278 g/mol. The van der Waals surface area contributed by atoms with Crippen molar-refractivity contribution in [3.8, 4) is 5.75 Å². The lowest BCUT2D eigenvalue weighted by Gasteiger charge is -2.28. The van der Waals surface area contributed by atoms with Crippen molar-refractivity contribution < 1.29 is 9.47 Å². The standard InChI is InChI=1S/C16H26N2O2/c1-3-6-20-16-9-14(17)8-15(10-16)18(2)11-13-5-4-7-19-12-13/h8-10,13H,3-7,11-12,17H2,1-2H3. The fraction of sp³-hybridized carbons (Fsp3) is 0.625. The van der Waals surface area contributed by atoms with Gasteiger partial charge in [0.05, 0.1) is 13.2 Å². The molecule has 20 heavy (non-hydrogen) atoms. The van der Waals surface area contributed by atoms with E-state index >= 15 is 0 Å². The first-order valence-corrected chi connectivity index (χ1v) is 7.51. The highest BCUT2D eigenvalue weighted by Crippen LogP contribution is 2.26. The summed E-state index contributed by atoms with van der Waals surface area (Å²) < 4.78 is 11.2. The Bertz CT molecular complexity index is 417. The van der Waals surface area contributed by atoms with E-state index in [-0.39, 0.29) is 0 Å². The molecular formula is C16H26N2O2. The minimum absolute atomic E-state index is 0.607. The lowest BCUT2D eigenvalue weighted by molar-refractivity contribution is 0.0576. The molecule has 2 N–H and O–H groups in total. The minimum atomic E-state index is 0.607. The summed E-state index contributed by atoms with van der Waals surface area (Å²) >= 11 is 0. The molecule has 4 nitrogen and oxygen atoms in total. The first kappa shape index (κ1) is 15.0. The molecular weight excluding hydrogens is 252 g/mol. The van der Waals surface area contributed by atoms with E-state index in [0.29, 0.717) is 5.92 Å². The molecule has 1 fully saturated rings. The van der Waals surface area contributed by atoms with Gasteiger partial charge < -0.3 is 20.1 Å². The summed E-state index contributed by atoms with van der Waals surface area (Å²) in [6, 6.07) is 5.95. The fourth-order valence-corrected chi connectivity index (χ4v) is 2.57. The number of hydrogen-bond acceptors (Lipinski definition) is 4. The number of nitrogen functional groups attached to an aromatic ring is 1. The molecule has 1 unspecified atom stereocenters. The van der Waals surface area contributed by atoms with Gasteiger partial charge in [-0.2, -0.15) is 0 Å². The zero-order chi connectivity index (χ0) is 14.4. The predicted octanol–water partition coefficient (Wildman–Crippen LogP) is 2.92. The average Bonchev–Trinajstić information content (AvgIpc) is 2.45. The molecule has 2 rings (SSSR count). The van der Waals surface area contributed by atoms with Crippen molar-refractivity contribution in [3.63, 3.8) is 0 Å². The van der Waals surface area contributed by atoms with Crippen LogP contribution in [-0.2, 0) is 4.74 Å². The lowest BCUT2D eigenvalue weighted by atomic mass is 10.0. The van der Waals surface area contributed by atoms with Crippen molar-refractivity contribution in [2.75, 3.05) is 44.0 Å². The molecule has 4 heteroatoms. The summed E-state index contributed by atoms with van der Waals surface area (Å²) in [5.41, 5.74) is 7.83. The van der Waals surface area contributed by atoms with E-state index in [1.807, 2.05) is 12.1 Å². The molecule has 0 aliphatic carbocycles. The number of ether oxygens (including phenoxy) is 2. The van der Waals surface area contributed by atoms with Crippen LogP contribution in [0.4, 0.5) is 11.4 Å². The number of nitrogens with two attached hydrogens (primary N) is 1. The van der Waals surface area contributed by atoms with Gasteiger partial charge in [-0.25, -0.2) is 0 Å². The minimum Gasteiger partial charge on any atom is -0.493 e. The predicted molar refractivity (Wildman–Crippen MR) is 83.5 cm³/mol. The SMILES string of the molecule is CCCOc1cc(N)cc(N(C)CC2CCCOC2)c1. The van der Waals surface area contributed by atoms with Crippen molar-refractivity contribution >= 4 is 11.4 Å². The van der Waals surface area contributed by atoms with Gasteiger partial charge in [0.25, 0.3) is 0 Å². The van der Waals surface area contributed by atoms with Crippen molar-refractivity contribution in [3.05, 3.63) is 18.2 Å². The van der Waals surface area contributed by atoms with Crippen molar-refractivity contribution in [1.29, 1.82) is 0 Å². The molecule has 1 aliphatic heterocycles. The van der Waals surface area contributed by atoms with Crippen LogP contribution in [0.3, 0.4) is 0 Å². The van der Waals surface area contributed by atoms with Crippen molar-refractivity contribution in [2.24, 2.45) is 5.92 Å². The Labute approximate surface area is 121 Å². The van der Waals surface area contributed by atoms with Crippen LogP contribution in [0.5, 0.6) is 5.75 Å². The third-order valence-electron chi connectivity index (χ3n) is 3.61. The van der Waals surface area contributed by atoms with E-state index in [1.54, 1.807) is 0 Å². The van der Waals surface area contributed by atoms with Crippen LogP contribution in [0.2, 0.25) is 0 Å². The van der Waals surface area contributed by atoms with Crippen molar-refractivity contribution in [1.82, 2.24) is 0 Å². The molecule has 1 aromatic carbocycles. The number of nitrogens with zero attached hydrogens (tertiary/aromatic N) is 1. The number of rotatable bonds is 6. The number of hydrogen-bond donors (Lipinski definition) is 1. The Hall–Kier alpha value is -1.42. The van der Waals surface area contributed by atoms with Crippen LogP contribution in [0, 0.1) is 5.92 Å². The molecule has 1 heterocycles. The maximum Gasteiger partial charge on any atom is 0.123 e. The normalized spacial score (nSPS) is 18.8. The smallest absolute Gasteiger partial charge is 0.123 e. The zero-order valence-electron chi connectivity index (χ0n) is 12.6. The van der Waals surface area contributed by atoms with Crippen LogP contribution < -0.4 is 15.4 Å². The fourth-order valence-electron chi connectivity index (χ4n) is 2.57. The molecule has 112 valence electrons. The van der Waals surface area contributed by atoms with Gasteiger partial charge in [-0.3, -0.25) is 0 Å². The first-order chi connectivity index (χ1) is 9.69. The van der Waals surface area contributed by atoms with Gasteiger partial charge in [0, 0.05) is 43.7 Å². The highest BCUT2D eigenvalue weighted by atomic mass is 16.5. The molecule has 0 radical (unpaired) electrons. The summed E-state index contributed by atoms with van der Waals surface area (Å²) in [4.78, 5) is 2.24. The Balaban J connectivity index is 2.00. The Morgan fingerprint density at radius 3 is 2.95 bits per heavy atom. The summed E-state index contributed by atoms with van der Waals surface area (Å²) in [6.07, 6.45) is 3.41. The Morgan fingerprint density at radius 2 is 2.25 bits per heavy atom. The largest absolute Gasteiger partial charge is 0.493 e. The van der Waals surface area contributed by atoms with Gasteiger partial charge in [-0.05, 0) is 31.2 Å². The van der Waals surface area contributed by atoms with Gasteiger partial charge in [0.1, 0.15) is 5.75 Å². The van der Waals surface area contributed by atoms with E-state index in [0.717, 1.165) is 49.9 Å². The maximum absolute atomic E-state index is 5.97. The highest BCUT2D eigenvalue weighted by molar-refractivity contribution is 5.60. The molecule has 0 bridgehead atoms. The molecule has 1 aliphatic rings. The highest BCUT2D eigenvalue weighted by Gasteiger charge is 2.16. The molecule has 1 saturated heterocycles. The second-order valence-electron chi connectivity index (χ2n) is 5.57. The molecule has 0 saturated carbocycles. The number of anilines is 2. The van der Waals surface area contributed by atoms with Gasteiger partial charge in [-0.1, -0.05) is 6.92 Å². The van der Waals surface area contributed by atoms with Crippen LogP contribution in [-0.4, -0.2) is 33.4 Å². The van der Waals surface area contributed by atoms with E-state index in [1.165, 1.54) is 12.8 Å². The van der Waals surface area contributed by atoms with E-state index in [2.05, 4.69) is 24.9 Å². The maximum atomic E-state index is 5.97. The Morgan fingerprint density at radius 1 is 1.40 bits per heavy atom. The topological polar surface area (TPSA) is 47.7 Å². The number of benzene rings is 1. The quantitative estimate of drug-likeness (QED) is 0.813. The first-order valence-electron chi connectivity index (χ1n) is 7.51. The average molecular weight is 278 g/mol. The van der Waals surface area contributed by atoms with Crippen molar-refractivity contribution in [2.45, 2.75) is 26.2 Å². The van der Waals surface area contributed by atoms with Crippen LogP contribution in [0.25, 0.3) is 0 Å². The van der Waals surface area contributed by atoms with Gasteiger partial charge >= 0.3 is 0 Å². The molecule has 0 amide bonds. The molecule has 0 spiro atoms. The second kappa shape index (κ2) is 7.39. The summed E-state index contributed by atoms with van der Waals surface area (Å²) in [6.45, 7) is 5.60. The Kier molecular flexibility index (Phi) is 5.53. The molecule has 1 atom stereocenters. The van der Waals surface area contributed by atoms with Gasteiger partial charge in [0.15, 0.2) is 0 Å². The third kappa shape index (κ3) is 4.30. The summed E-state index contributed by atoms with van der Waals surface area (Å²) in [7, 11) is 2.10. The zero-order valence-corrected chi connectivity index (χ0v) is 12.6. The molecule has 0 aromatic heterocycles. The van der Waals surface area contributed by atoms with E-state index in [4.69, 9.17) is 15.2 Å². The van der Waals surface area contributed by atoms with Gasteiger partial charge in [-0.15, -0.1) is 0 Å². The second-order valence-corrected chi connectivity index (χ2v) is 5.57. The van der Waals surface area contributed by atoms with Crippen LogP contribution in [0.15, 0.2) is 18.2 Å². The van der Waals surface area contributed by atoms with E-state index in [9.17, 15) is 0 Å². The van der Waals surface area contributed by atoms with Crippen LogP contribution in [0.1, 0.15) is 26.2 Å². The summed E-state index contributed by atoms with van der Waals surface area (Å²) in [5, 5.41) is 0. The van der Waals surface area contributed by atoms with Gasteiger partial charge in [0.2, 0.25) is 0 Å². The molecule has 1 aromatic rings. The lowest BCUT2D eigenvalue weighted by Crippen LogP contribution is -2.30. The summed E-state index contributed by atoms with van der Waals surface area (Å²) in [5.74, 6) is 1.46. The van der Waals surface area contributed by atoms with Crippen LogP contribution >= 0.6 is 0 Å². The third-order valence-corrected chi connectivity index (χ3v) is 3.61.